The standard InChI is InChI=1S/C23H24N4O3/c1-4-13-27-21-8-6-5-7-20(21)24-23(27)25-22(28)17-9-11-18(12-10-17)29-14-19-15(2)26-30-16(19)3/h5-12H,4,13-14H2,1-3H3,(H,24,25,28). The Labute approximate surface area is 174 Å². The SMILES string of the molecule is CCCn1c(NC(=O)c2ccc(OCc3c(C)noc3C)cc2)nc2ccccc21. The Hall–Kier alpha value is -3.61. The van der Waals surface area contributed by atoms with E-state index in [1.165, 1.54) is 0 Å². The van der Waals surface area contributed by atoms with E-state index in [1.54, 1.807) is 24.3 Å². The molecule has 4 rings (SSSR count). The van der Waals surface area contributed by atoms with E-state index in [9.17, 15) is 4.79 Å². The number of aromatic nitrogens is 3. The molecule has 1 N–H and O–H groups in total. The predicted molar refractivity (Wildman–Crippen MR) is 115 cm³/mol. The molecule has 0 aliphatic heterocycles. The monoisotopic (exact) mass is 404 g/mol. The third kappa shape index (κ3) is 3.91. The smallest absolute Gasteiger partial charge is 0.257 e. The summed E-state index contributed by atoms with van der Waals surface area (Å²) in [5, 5.41) is 6.87. The fourth-order valence-electron chi connectivity index (χ4n) is 3.36. The minimum atomic E-state index is -0.208. The molecule has 0 saturated heterocycles. The third-order valence-electron chi connectivity index (χ3n) is 5.01. The number of carbonyl (C=O) groups excluding carboxylic acids is 1. The Bertz CT molecular complexity index is 1160. The van der Waals surface area contributed by atoms with Crippen LogP contribution in [0.25, 0.3) is 11.0 Å². The maximum absolute atomic E-state index is 12.8. The van der Waals surface area contributed by atoms with E-state index in [1.807, 2.05) is 42.7 Å². The number of carbonyl (C=O) groups is 1. The van der Waals surface area contributed by atoms with E-state index < -0.39 is 0 Å². The van der Waals surface area contributed by atoms with Crippen LogP contribution in [0.15, 0.2) is 53.1 Å². The second-order valence-corrected chi connectivity index (χ2v) is 7.15. The number of nitrogens with one attached hydrogen (secondary N) is 1. The Morgan fingerprint density at radius 2 is 1.90 bits per heavy atom. The maximum atomic E-state index is 12.8. The van der Waals surface area contributed by atoms with E-state index >= 15 is 0 Å². The highest BCUT2D eigenvalue weighted by molar-refractivity contribution is 6.04. The summed E-state index contributed by atoms with van der Waals surface area (Å²) < 4.78 is 13.0. The van der Waals surface area contributed by atoms with Crippen LogP contribution in [-0.2, 0) is 13.2 Å². The van der Waals surface area contributed by atoms with Crippen molar-refractivity contribution in [3.05, 3.63) is 71.1 Å². The van der Waals surface area contributed by atoms with Crippen molar-refractivity contribution in [3.63, 3.8) is 0 Å². The number of benzene rings is 2. The minimum Gasteiger partial charge on any atom is -0.489 e. The van der Waals surface area contributed by atoms with Crippen molar-refractivity contribution in [2.24, 2.45) is 0 Å². The van der Waals surface area contributed by atoms with Gasteiger partial charge in [-0.3, -0.25) is 10.1 Å². The third-order valence-corrected chi connectivity index (χ3v) is 5.01. The number of hydrogen-bond donors (Lipinski definition) is 1. The molecule has 30 heavy (non-hydrogen) atoms. The molecule has 0 spiro atoms. The average molecular weight is 404 g/mol. The summed E-state index contributed by atoms with van der Waals surface area (Å²) in [4.78, 5) is 17.3. The van der Waals surface area contributed by atoms with Gasteiger partial charge in [-0.05, 0) is 56.7 Å². The van der Waals surface area contributed by atoms with Crippen LogP contribution in [0.2, 0.25) is 0 Å². The summed E-state index contributed by atoms with van der Waals surface area (Å²) in [7, 11) is 0. The number of para-hydroxylation sites is 2. The van der Waals surface area contributed by atoms with Crippen LogP contribution in [0, 0.1) is 13.8 Å². The zero-order valence-electron chi connectivity index (χ0n) is 17.3. The largest absolute Gasteiger partial charge is 0.489 e. The number of anilines is 1. The second kappa shape index (κ2) is 8.41. The topological polar surface area (TPSA) is 82.2 Å². The van der Waals surface area contributed by atoms with Gasteiger partial charge in [-0.15, -0.1) is 0 Å². The normalized spacial score (nSPS) is 11.0. The number of rotatable bonds is 7. The summed E-state index contributed by atoms with van der Waals surface area (Å²) in [6.07, 6.45) is 0.945. The van der Waals surface area contributed by atoms with Gasteiger partial charge in [-0.1, -0.05) is 24.2 Å². The highest BCUT2D eigenvalue weighted by Crippen LogP contribution is 2.22. The Kier molecular flexibility index (Phi) is 5.52. The Morgan fingerprint density at radius 3 is 2.60 bits per heavy atom. The number of fused-ring (bicyclic) bond motifs is 1. The molecule has 2 aromatic carbocycles. The van der Waals surface area contributed by atoms with E-state index in [0.29, 0.717) is 23.9 Å². The Morgan fingerprint density at radius 1 is 1.13 bits per heavy atom. The first-order chi connectivity index (χ1) is 14.6. The Balaban J connectivity index is 1.47. The quantitative estimate of drug-likeness (QED) is 0.475. The van der Waals surface area contributed by atoms with Crippen LogP contribution in [0.5, 0.6) is 5.75 Å². The van der Waals surface area contributed by atoms with Crippen molar-refractivity contribution in [2.75, 3.05) is 5.32 Å². The first-order valence-electron chi connectivity index (χ1n) is 9.98. The summed E-state index contributed by atoms with van der Waals surface area (Å²) >= 11 is 0. The van der Waals surface area contributed by atoms with Gasteiger partial charge in [0.05, 0.1) is 22.3 Å². The lowest BCUT2D eigenvalue weighted by Crippen LogP contribution is -2.16. The lowest BCUT2D eigenvalue weighted by Gasteiger charge is -2.10. The zero-order chi connectivity index (χ0) is 21.1. The first-order valence-corrected chi connectivity index (χ1v) is 9.98. The molecule has 154 valence electrons. The fourth-order valence-corrected chi connectivity index (χ4v) is 3.36. The van der Waals surface area contributed by atoms with Crippen molar-refractivity contribution in [3.8, 4) is 5.75 Å². The van der Waals surface area contributed by atoms with Gasteiger partial charge in [0.2, 0.25) is 5.95 Å². The molecule has 2 heterocycles. The lowest BCUT2D eigenvalue weighted by atomic mass is 10.2. The molecular weight excluding hydrogens is 380 g/mol. The van der Waals surface area contributed by atoms with Crippen molar-refractivity contribution < 1.29 is 14.1 Å². The summed E-state index contributed by atoms with van der Waals surface area (Å²) in [6.45, 7) is 6.99. The molecule has 7 nitrogen and oxygen atoms in total. The van der Waals surface area contributed by atoms with Gasteiger partial charge < -0.3 is 13.8 Å². The molecule has 0 aliphatic rings. The highest BCUT2D eigenvalue weighted by atomic mass is 16.5. The van der Waals surface area contributed by atoms with Crippen LogP contribution >= 0.6 is 0 Å². The lowest BCUT2D eigenvalue weighted by molar-refractivity contribution is 0.102. The molecule has 0 saturated carbocycles. The van der Waals surface area contributed by atoms with Gasteiger partial charge in [0, 0.05) is 12.1 Å². The van der Waals surface area contributed by atoms with Gasteiger partial charge in [-0.2, -0.15) is 0 Å². The minimum absolute atomic E-state index is 0.208. The van der Waals surface area contributed by atoms with Gasteiger partial charge in [0.25, 0.3) is 5.91 Å². The van der Waals surface area contributed by atoms with Crippen molar-refractivity contribution in [1.82, 2.24) is 14.7 Å². The molecule has 2 aromatic heterocycles. The van der Waals surface area contributed by atoms with Crippen molar-refractivity contribution in [2.45, 2.75) is 40.3 Å². The van der Waals surface area contributed by atoms with Gasteiger partial charge in [0.1, 0.15) is 18.1 Å². The first kappa shape index (κ1) is 19.7. The molecule has 7 heteroatoms. The van der Waals surface area contributed by atoms with E-state index in [2.05, 4.69) is 22.4 Å². The molecule has 0 atom stereocenters. The number of imidazole rings is 1. The number of hydrogen-bond acceptors (Lipinski definition) is 5. The zero-order valence-corrected chi connectivity index (χ0v) is 17.3. The second-order valence-electron chi connectivity index (χ2n) is 7.15. The number of ether oxygens (including phenoxy) is 1. The molecule has 0 bridgehead atoms. The number of amides is 1. The molecule has 0 fully saturated rings. The number of aryl methyl sites for hydroxylation is 3. The van der Waals surface area contributed by atoms with Crippen molar-refractivity contribution in [1.29, 1.82) is 0 Å². The predicted octanol–water partition coefficient (Wildman–Crippen LogP) is 4.88. The van der Waals surface area contributed by atoms with Crippen LogP contribution in [0.4, 0.5) is 5.95 Å². The molecule has 1 amide bonds. The van der Waals surface area contributed by atoms with Crippen LogP contribution in [-0.4, -0.2) is 20.6 Å². The van der Waals surface area contributed by atoms with Gasteiger partial charge in [-0.25, -0.2) is 4.98 Å². The van der Waals surface area contributed by atoms with E-state index in [0.717, 1.165) is 41.0 Å². The van der Waals surface area contributed by atoms with Gasteiger partial charge >= 0.3 is 0 Å². The molecule has 0 radical (unpaired) electrons. The molecular formula is C23H24N4O3. The highest BCUT2D eigenvalue weighted by Gasteiger charge is 2.14. The van der Waals surface area contributed by atoms with Crippen LogP contribution in [0.1, 0.15) is 40.7 Å². The van der Waals surface area contributed by atoms with E-state index in [4.69, 9.17) is 9.26 Å². The fraction of sp³-hybridized carbons (Fsp3) is 0.261. The molecule has 4 aromatic rings. The summed E-state index contributed by atoms with van der Waals surface area (Å²) in [5.74, 6) is 1.77. The maximum Gasteiger partial charge on any atom is 0.257 e. The number of nitrogens with zero attached hydrogens (tertiary/aromatic N) is 3. The summed E-state index contributed by atoms with van der Waals surface area (Å²) in [6, 6.07) is 14.9. The van der Waals surface area contributed by atoms with Crippen molar-refractivity contribution >= 4 is 22.9 Å². The van der Waals surface area contributed by atoms with E-state index in [-0.39, 0.29) is 5.91 Å². The van der Waals surface area contributed by atoms with Gasteiger partial charge in [0.15, 0.2) is 0 Å². The van der Waals surface area contributed by atoms with Crippen LogP contribution in [0.3, 0.4) is 0 Å². The molecule has 0 aliphatic carbocycles. The molecule has 0 unspecified atom stereocenters. The average Bonchev–Trinajstić information content (AvgIpc) is 3.26. The van der Waals surface area contributed by atoms with Crippen LogP contribution < -0.4 is 10.1 Å². The summed E-state index contributed by atoms with van der Waals surface area (Å²) in [5.41, 5.74) is 4.17.